The molecule has 1 atom stereocenters. The molecule has 3 aliphatic heterocycles. The van der Waals surface area contributed by atoms with Gasteiger partial charge in [0.1, 0.15) is 0 Å². The summed E-state index contributed by atoms with van der Waals surface area (Å²) >= 11 is 0. The van der Waals surface area contributed by atoms with Crippen LogP contribution in [-0.4, -0.2) is 54.2 Å². The topological polar surface area (TPSA) is 57.6 Å². The van der Waals surface area contributed by atoms with E-state index in [2.05, 4.69) is 10.3 Å². The third kappa shape index (κ3) is 3.13. The van der Waals surface area contributed by atoms with Crippen LogP contribution in [0.15, 0.2) is 40.7 Å². The zero-order valence-electron chi connectivity index (χ0n) is 14.0. The van der Waals surface area contributed by atoms with Crippen molar-refractivity contribution in [2.45, 2.75) is 25.7 Å². The molecule has 126 valence electrons. The number of rotatable bonds is 3. The van der Waals surface area contributed by atoms with Gasteiger partial charge in [0.2, 0.25) is 5.91 Å². The molecule has 0 bridgehead atoms. The van der Waals surface area contributed by atoms with Gasteiger partial charge in [-0.25, -0.2) is 0 Å². The molecule has 0 aliphatic carbocycles. The molecule has 0 spiro atoms. The van der Waals surface area contributed by atoms with E-state index in [0.29, 0.717) is 18.2 Å². The Morgan fingerprint density at radius 1 is 1.33 bits per heavy atom. The quantitative estimate of drug-likeness (QED) is 0.922. The number of pyridine rings is 1. The van der Waals surface area contributed by atoms with Crippen LogP contribution < -0.4 is 5.32 Å². The molecule has 5 nitrogen and oxygen atoms in total. The maximum atomic E-state index is 12.7. The van der Waals surface area contributed by atoms with Crippen LogP contribution in [0.4, 0.5) is 0 Å². The number of aromatic nitrogens is 1. The molecule has 1 aromatic heterocycles. The van der Waals surface area contributed by atoms with Crippen molar-refractivity contribution < 1.29 is 4.79 Å². The summed E-state index contributed by atoms with van der Waals surface area (Å²) in [5, 5.41) is 3.40. The minimum Gasteiger partial charge on any atom is -0.338 e. The van der Waals surface area contributed by atoms with Gasteiger partial charge in [-0.2, -0.15) is 0 Å². The Balaban J connectivity index is 1.44. The van der Waals surface area contributed by atoms with Crippen LogP contribution in [0.25, 0.3) is 0 Å². The maximum Gasteiger partial charge on any atom is 0.223 e. The SMILES string of the molecule is O=C(CC1CCCNC1)N1CCC2=C(C1)C(c1ccncc1)=NC2. The highest BCUT2D eigenvalue weighted by molar-refractivity contribution is 6.15. The normalized spacial score (nSPS) is 23.9. The standard InChI is InChI=1S/C19H24N4O/c24-18(10-14-2-1-6-21-11-14)23-9-5-16-12-22-19(17(16)13-23)15-3-7-20-8-4-15/h3-4,7-8,14,21H,1-2,5-6,9-13H2. The second kappa shape index (κ2) is 6.85. The number of carbonyl (C=O) groups excluding carboxylic acids is 1. The van der Waals surface area contributed by atoms with Gasteiger partial charge in [-0.15, -0.1) is 0 Å². The molecule has 0 saturated carbocycles. The number of aliphatic imine (C=N–C) groups is 1. The van der Waals surface area contributed by atoms with Crippen molar-refractivity contribution in [3.05, 3.63) is 41.2 Å². The molecular weight excluding hydrogens is 300 g/mol. The molecule has 3 aliphatic rings. The molecular formula is C19H24N4O. The zero-order chi connectivity index (χ0) is 16.4. The van der Waals surface area contributed by atoms with Crippen molar-refractivity contribution in [1.29, 1.82) is 0 Å². The minimum absolute atomic E-state index is 0.302. The van der Waals surface area contributed by atoms with Gasteiger partial charge in [0.05, 0.1) is 12.3 Å². The monoisotopic (exact) mass is 324 g/mol. The Hall–Kier alpha value is -2.01. The average molecular weight is 324 g/mol. The first-order valence-corrected chi connectivity index (χ1v) is 8.96. The van der Waals surface area contributed by atoms with Gasteiger partial charge in [-0.3, -0.25) is 14.8 Å². The highest BCUT2D eigenvalue weighted by atomic mass is 16.2. The Kier molecular flexibility index (Phi) is 4.43. The molecule has 1 N–H and O–H groups in total. The zero-order valence-corrected chi connectivity index (χ0v) is 14.0. The number of carbonyl (C=O) groups is 1. The molecule has 0 aromatic carbocycles. The molecule has 1 amide bonds. The lowest BCUT2D eigenvalue weighted by Gasteiger charge is -2.31. The molecule has 24 heavy (non-hydrogen) atoms. The Morgan fingerprint density at radius 2 is 2.21 bits per heavy atom. The summed E-state index contributed by atoms with van der Waals surface area (Å²) in [6, 6.07) is 4.01. The fourth-order valence-electron chi connectivity index (χ4n) is 3.95. The van der Waals surface area contributed by atoms with Crippen LogP contribution in [0.1, 0.15) is 31.2 Å². The van der Waals surface area contributed by atoms with Gasteiger partial charge in [-0.05, 0) is 61.5 Å². The number of piperidine rings is 1. The number of nitrogens with one attached hydrogen (secondary N) is 1. The van der Waals surface area contributed by atoms with Crippen LogP contribution in [0, 0.1) is 5.92 Å². The van der Waals surface area contributed by atoms with Crippen molar-refractivity contribution in [3.8, 4) is 0 Å². The van der Waals surface area contributed by atoms with Crippen molar-refractivity contribution in [3.63, 3.8) is 0 Å². The number of nitrogens with zero attached hydrogens (tertiary/aromatic N) is 3. The van der Waals surface area contributed by atoms with E-state index in [9.17, 15) is 4.79 Å². The van der Waals surface area contributed by atoms with Crippen molar-refractivity contribution in [2.75, 3.05) is 32.7 Å². The fraction of sp³-hybridized carbons (Fsp3) is 0.526. The first kappa shape index (κ1) is 15.5. The van der Waals surface area contributed by atoms with Crippen LogP contribution in [0.2, 0.25) is 0 Å². The molecule has 1 fully saturated rings. The highest BCUT2D eigenvalue weighted by Crippen LogP contribution is 2.28. The van der Waals surface area contributed by atoms with Gasteiger partial charge in [0, 0.05) is 37.5 Å². The molecule has 4 rings (SSSR count). The summed E-state index contributed by atoms with van der Waals surface area (Å²) in [4.78, 5) is 23.6. The molecule has 1 unspecified atom stereocenters. The third-order valence-electron chi connectivity index (χ3n) is 5.34. The highest BCUT2D eigenvalue weighted by Gasteiger charge is 2.30. The minimum atomic E-state index is 0.302. The summed E-state index contributed by atoms with van der Waals surface area (Å²) in [7, 11) is 0. The van der Waals surface area contributed by atoms with Gasteiger partial charge in [0.25, 0.3) is 0 Å². The first-order valence-electron chi connectivity index (χ1n) is 8.96. The third-order valence-corrected chi connectivity index (χ3v) is 5.34. The largest absolute Gasteiger partial charge is 0.338 e. The van der Waals surface area contributed by atoms with Gasteiger partial charge < -0.3 is 10.2 Å². The van der Waals surface area contributed by atoms with Crippen molar-refractivity contribution in [1.82, 2.24) is 15.2 Å². The van der Waals surface area contributed by atoms with Crippen LogP contribution in [0.5, 0.6) is 0 Å². The number of hydrogen-bond acceptors (Lipinski definition) is 4. The average Bonchev–Trinajstić information content (AvgIpc) is 3.06. The number of amides is 1. The van der Waals surface area contributed by atoms with Gasteiger partial charge in [0.15, 0.2) is 0 Å². The second-order valence-corrected chi connectivity index (χ2v) is 6.96. The summed E-state index contributed by atoms with van der Waals surface area (Å²) in [5.74, 6) is 0.801. The lowest BCUT2D eigenvalue weighted by Crippen LogP contribution is -2.40. The van der Waals surface area contributed by atoms with E-state index in [1.54, 1.807) is 12.4 Å². The lowest BCUT2D eigenvalue weighted by molar-refractivity contribution is -0.132. The van der Waals surface area contributed by atoms with Crippen molar-refractivity contribution >= 4 is 11.6 Å². The van der Waals surface area contributed by atoms with E-state index in [0.717, 1.165) is 50.4 Å². The van der Waals surface area contributed by atoms with Gasteiger partial charge >= 0.3 is 0 Å². The Bertz CT molecular complexity index is 674. The second-order valence-electron chi connectivity index (χ2n) is 6.96. The van der Waals surface area contributed by atoms with Gasteiger partial charge in [-0.1, -0.05) is 0 Å². The maximum absolute atomic E-state index is 12.7. The molecule has 5 heteroatoms. The smallest absolute Gasteiger partial charge is 0.223 e. The van der Waals surface area contributed by atoms with E-state index in [4.69, 9.17) is 4.99 Å². The van der Waals surface area contributed by atoms with Crippen LogP contribution >= 0.6 is 0 Å². The summed E-state index contributed by atoms with van der Waals surface area (Å²) in [5.41, 5.74) is 4.85. The Morgan fingerprint density at radius 3 is 3.00 bits per heavy atom. The molecule has 1 aromatic rings. The predicted molar refractivity (Wildman–Crippen MR) is 94.1 cm³/mol. The predicted octanol–water partition coefficient (Wildman–Crippen LogP) is 1.80. The fourth-order valence-corrected chi connectivity index (χ4v) is 3.95. The molecule has 4 heterocycles. The number of hydrogen-bond donors (Lipinski definition) is 1. The van der Waals surface area contributed by atoms with E-state index in [-0.39, 0.29) is 0 Å². The summed E-state index contributed by atoms with van der Waals surface area (Å²) in [6.45, 7) is 4.43. The van der Waals surface area contributed by atoms with Crippen molar-refractivity contribution in [2.24, 2.45) is 10.9 Å². The van der Waals surface area contributed by atoms with E-state index >= 15 is 0 Å². The molecule has 1 saturated heterocycles. The lowest BCUT2D eigenvalue weighted by atomic mass is 9.93. The van der Waals surface area contributed by atoms with E-state index in [1.807, 2.05) is 17.0 Å². The Labute approximate surface area is 142 Å². The summed E-state index contributed by atoms with van der Waals surface area (Å²) in [6.07, 6.45) is 7.60. The van der Waals surface area contributed by atoms with Crippen LogP contribution in [-0.2, 0) is 4.79 Å². The van der Waals surface area contributed by atoms with E-state index < -0.39 is 0 Å². The van der Waals surface area contributed by atoms with E-state index in [1.165, 1.54) is 24.0 Å². The summed E-state index contributed by atoms with van der Waals surface area (Å²) < 4.78 is 0. The molecule has 0 radical (unpaired) electrons. The first-order chi connectivity index (χ1) is 11.8. The van der Waals surface area contributed by atoms with Crippen LogP contribution in [0.3, 0.4) is 0 Å².